The maximum absolute atomic E-state index is 13.4. The second kappa shape index (κ2) is 19.8. The molecule has 2 fully saturated rings. The van der Waals surface area contributed by atoms with Crippen LogP contribution in [0.5, 0.6) is 0 Å². The number of nitro benzene ring substituents is 1. The molecule has 3 N–H and O–H groups in total. The summed E-state index contributed by atoms with van der Waals surface area (Å²) in [7, 11) is -4.51. The number of amides is 1. The minimum atomic E-state index is -4.51. The summed E-state index contributed by atoms with van der Waals surface area (Å²) < 4.78 is 34.6. The van der Waals surface area contributed by atoms with E-state index in [0.29, 0.717) is 30.5 Å². The summed E-state index contributed by atoms with van der Waals surface area (Å²) >= 11 is 7.60. The molecule has 0 bridgehead atoms. The number of nitrogens with zero attached hydrogens (tertiary/aromatic N) is 3. The number of halogens is 1. The van der Waals surface area contributed by atoms with E-state index in [2.05, 4.69) is 37.3 Å². The van der Waals surface area contributed by atoms with Crippen LogP contribution in [0.1, 0.15) is 22.3 Å². The van der Waals surface area contributed by atoms with Gasteiger partial charge in [-0.1, -0.05) is 66.2 Å². The Hall–Kier alpha value is -5.29. The second-order valence-corrected chi connectivity index (χ2v) is 17.8. The highest BCUT2D eigenvalue weighted by atomic mass is 35.5. The molecule has 1 unspecified atom stereocenters. The van der Waals surface area contributed by atoms with Gasteiger partial charge in [-0.2, -0.15) is 0 Å². The fourth-order valence-electron chi connectivity index (χ4n) is 7.22. The van der Waals surface area contributed by atoms with Crippen molar-refractivity contribution < 1.29 is 27.7 Å². The predicted octanol–water partition coefficient (Wildman–Crippen LogP) is 6.88. The van der Waals surface area contributed by atoms with Crippen molar-refractivity contribution in [1.29, 1.82) is 0 Å². The number of nitro groups is 1. The highest BCUT2D eigenvalue weighted by Gasteiger charge is 2.29. The van der Waals surface area contributed by atoms with Gasteiger partial charge in [-0.15, -0.1) is 11.8 Å². The van der Waals surface area contributed by atoms with Crippen molar-refractivity contribution in [1.82, 2.24) is 14.9 Å². The first-order valence-corrected chi connectivity index (χ1v) is 22.4. The third-order valence-electron chi connectivity index (χ3n) is 10.4. The van der Waals surface area contributed by atoms with Crippen molar-refractivity contribution in [3.8, 4) is 11.1 Å². The molecule has 16 heteroatoms. The maximum atomic E-state index is 13.4. The molecule has 2 aliphatic heterocycles. The average Bonchev–Trinajstić information content (AvgIpc) is 3.27. The molecular weight excluding hydrogens is 824 g/mol. The number of hydrogen-bond donors (Lipinski definition) is 3. The van der Waals surface area contributed by atoms with Gasteiger partial charge < -0.3 is 20.3 Å². The van der Waals surface area contributed by atoms with Gasteiger partial charge in [-0.25, -0.2) is 13.1 Å². The van der Waals surface area contributed by atoms with E-state index in [1.54, 1.807) is 24.3 Å². The van der Waals surface area contributed by atoms with Crippen molar-refractivity contribution in [2.45, 2.75) is 34.9 Å². The first-order valence-electron chi connectivity index (χ1n) is 19.6. The van der Waals surface area contributed by atoms with E-state index < -0.39 is 43.6 Å². The lowest BCUT2D eigenvalue weighted by molar-refractivity contribution is -0.384. The molecule has 0 aliphatic carbocycles. The van der Waals surface area contributed by atoms with Crippen LogP contribution in [0.15, 0.2) is 131 Å². The van der Waals surface area contributed by atoms with Crippen LogP contribution in [0, 0.1) is 10.1 Å². The predicted molar refractivity (Wildman–Crippen MR) is 235 cm³/mol. The summed E-state index contributed by atoms with van der Waals surface area (Å²) in [4.78, 5) is 43.1. The lowest BCUT2D eigenvalue weighted by atomic mass is 9.99. The molecule has 312 valence electrons. The third kappa shape index (κ3) is 11.1. The van der Waals surface area contributed by atoms with Crippen LogP contribution in [0.3, 0.4) is 0 Å². The number of benzene rings is 5. The van der Waals surface area contributed by atoms with E-state index in [-0.39, 0.29) is 23.5 Å². The molecule has 7 rings (SSSR count). The van der Waals surface area contributed by atoms with Crippen molar-refractivity contribution in [3.05, 3.63) is 148 Å². The molecule has 0 aromatic heterocycles. The molecule has 2 atom stereocenters. The number of carbonyl (C=O) groups excluding carboxylic acids is 2. The van der Waals surface area contributed by atoms with Gasteiger partial charge in [0, 0.05) is 91.3 Å². The number of Topliss-reactive ketones (excluding diaryl/α,β-unsaturated/α-hetero) is 1. The van der Waals surface area contributed by atoms with Crippen molar-refractivity contribution >= 4 is 62.1 Å². The number of hydrogen-bond acceptors (Lipinski definition) is 12. The van der Waals surface area contributed by atoms with E-state index in [0.717, 1.165) is 54.9 Å². The number of nitrogens with one attached hydrogen (secondary N) is 3. The fraction of sp³-hybridized carbons (Fsp3) is 0.273. The van der Waals surface area contributed by atoms with Gasteiger partial charge >= 0.3 is 0 Å². The quantitative estimate of drug-likeness (QED) is 0.0537. The highest BCUT2D eigenvalue weighted by molar-refractivity contribution is 7.99. The minimum Gasteiger partial charge on any atom is -0.375 e. The Morgan fingerprint density at radius 1 is 0.917 bits per heavy atom. The van der Waals surface area contributed by atoms with Gasteiger partial charge in [0.25, 0.3) is 21.6 Å². The molecule has 13 nitrogen and oxygen atoms in total. The molecule has 2 saturated heterocycles. The third-order valence-corrected chi connectivity index (χ3v) is 13.2. The van der Waals surface area contributed by atoms with Crippen LogP contribution >= 0.6 is 23.4 Å². The van der Waals surface area contributed by atoms with E-state index in [1.807, 2.05) is 66.7 Å². The SMILES string of the molecule is O=C(NS(=O)(=O)c1ccc(N[C@@H](CSc2ccccc2)CC(=O)C2CNCCO2)c([N+](=O)[O-])c1)c1ccc(N2CCN(Cc3ccccc3-c3ccc(Cl)cc3)CC2)cc1. The lowest BCUT2D eigenvalue weighted by Crippen LogP contribution is -2.46. The van der Waals surface area contributed by atoms with Gasteiger partial charge in [0.2, 0.25) is 0 Å². The maximum Gasteiger partial charge on any atom is 0.293 e. The molecule has 5 aromatic carbocycles. The zero-order valence-corrected chi connectivity index (χ0v) is 35.1. The monoisotopic (exact) mass is 868 g/mol. The van der Waals surface area contributed by atoms with Gasteiger partial charge in [0.1, 0.15) is 11.8 Å². The summed E-state index contributed by atoms with van der Waals surface area (Å²) in [5, 5.41) is 19.2. The van der Waals surface area contributed by atoms with Gasteiger partial charge in [0.05, 0.1) is 16.4 Å². The van der Waals surface area contributed by atoms with Gasteiger partial charge in [-0.05, 0) is 77.4 Å². The Kier molecular flexibility index (Phi) is 14.2. The number of sulfonamides is 1. The molecular formula is C44H45ClN6O7S2. The van der Waals surface area contributed by atoms with Gasteiger partial charge in [0.15, 0.2) is 5.78 Å². The van der Waals surface area contributed by atoms with Crippen LogP contribution in [0.25, 0.3) is 11.1 Å². The number of rotatable bonds is 16. The summed E-state index contributed by atoms with van der Waals surface area (Å²) in [5.74, 6) is -0.637. The Balaban J connectivity index is 0.969. The van der Waals surface area contributed by atoms with Crippen molar-refractivity contribution in [2.75, 3.05) is 61.8 Å². The number of ether oxygens (including phenoxy) is 1. The molecule has 5 aromatic rings. The van der Waals surface area contributed by atoms with E-state index in [9.17, 15) is 28.1 Å². The number of ketones is 1. The van der Waals surface area contributed by atoms with E-state index in [1.165, 1.54) is 35.0 Å². The number of carbonyl (C=O) groups is 2. The van der Waals surface area contributed by atoms with Crippen LogP contribution in [-0.2, 0) is 26.1 Å². The normalized spacial score (nSPS) is 16.5. The fourth-order valence-corrected chi connectivity index (χ4v) is 9.29. The average molecular weight is 869 g/mol. The van der Waals surface area contributed by atoms with Crippen LogP contribution in [-0.4, -0.2) is 93.7 Å². The smallest absolute Gasteiger partial charge is 0.293 e. The van der Waals surface area contributed by atoms with Crippen molar-refractivity contribution in [3.63, 3.8) is 0 Å². The Labute approximate surface area is 358 Å². The summed E-state index contributed by atoms with van der Waals surface area (Å²) in [6.45, 7) is 5.41. The molecule has 60 heavy (non-hydrogen) atoms. The van der Waals surface area contributed by atoms with E-state index in [4.69, 9.17) is 16.3 Å². The summed E-state index contributed by atoms with van der Waals surface area (Å²) in [6.07, 6.45) is -0.612. The largest absolute Gasteiger partial charge is 0.375 e. The van der Waals surface area contributed by atoms with Crippen LogP contribution in [0.4, 0.5) is 17.1 Å². The molecule has 0 spiro atoms. The minimum absolute atomic E-state index is 0.0231. The summed E-state index contributed by atoms with van der Waals surface area (Å²) in [5.41, 5.74) is 4.06. The highest BCUT2D eigenvalue weighted by Crippen LogP contribution is 2.31. The zero-order chi connectivity index (χ0) is 42.1. The van der Waals surface area contributed by atoms with Crippen LogP contribution < -0.4 is 20.3 Å². The second-order valence-electron chi connectivity index (χ2n) is 14.5. The number of thioether (sulfide) groups is 1. The Bertz CT molecular complexity index is 2390. The topological polar surface area (TPSA) is 163 Å². The number of anilines is 2. The lowest BCUT2D eigenvalue weighted by Gasteiger charge is -2.36. The Morgan fingerprint density at radius 2 is 1.63 bits per heavy atom. The van der Waals surface area contributed by atoms with Crippen molar-refractivity contribution in [2.24, 2.45) is 0 Å². The molecule has 0 saturated carbocycles. The van der Waals surface area contributed by atoms with Gasteiger partial charge in [-0.3, -0.25) is 24.6 Å². The number of morpholine rings is 1. The molecule has 2 aliphatic rings. The summed E-state index contributed by atoms with van der Waals surface area (Å²) in [6, 6.07) is 35.3. The number of piperazine rings is 1. The Morgan fingerprint density at radius 3 is 2.33 bits per heavy atom. The molecule has 0 radical (unpaired) electrons. The first-order chi connectivity index (χ1) is 29.0. The molecule has 1 amide bonds. The zero-order valence-electron chi connectivity index (χ0n) is 32.7. The first kappa shape index (κ1) is 42.8. The standard InChI is InChI=1S/C44H45ClN6O7S2/c45-34-14-10-31(11-15-34)39-9-5-4-6-33(39)29-49-21-23-50(24-22-49)36-16-12-32(13-17-36)44(53)48-60(56,57)38-18-19-40(41(27-38)51(54)55)47-35(30-59-37-7-2-1-3-8-37)26-42(52)43-28-46-20-25-58-43/h1-19,27,35,43,46-47H,20-26,28-30H2,(H,48,53)/t35-,43?/m1/s1. The van der Waals surface area contributed by atoms with E-state index >= 15 is 0 Å². The van der Waals surface area contributed by atoms with Crippen LogP contribution in [0.2, 0.25) is 5.02 Å². The molecule has 2 heterocycles.